The maximum absolute atomic E-state index is 13.0. The predicted molar refractivity (Wildman–Crippen MR) is 116 cm³/mol. The molecule has 0 saturated heterocycles. The van der Waals surface area contributed by atoms with Crippen molar-refractivity contribution >= 4 is 40.4 Å². The highest BCUT2D eigenvalue weighted by Gasteiger charge is 2.35. The first-order valence-electron chi connectivity index (χ1n) is 10.3. The molecule has 2 aliphatic rings. The fourth-order valence-electron chi connectivity index (χ4n) is 4.09. The molecule has 1 aromatic heterocycles. The lowest BCUT2D eigenvalue weighted by Gasteiger charge is -2.33. The number of carbonyl (C=O) groups is 3. The molecule has 0 fully saturated rings. The number of amides is 3. The van der Waals surface area contributed by atoms with Crippen molar-refractivity contribution in [2.75, 3.05) is 36.5 Å². The summed E-state index contributed by atoms with van der Waals surface area (Å²) in [7, 11) is 1.94. The van der Waals surface area contributed by atoms with Crippen molar-refractivity contribution in [3.05, 3.63) is 59.7 Å². The average Bonchev–Trinajstić information content (AvgIpc) is 3.03. The molecule has 0 spiro atoms. The summed E-state index contributed by atoms with van der Waals surface area (Å²) in [4.78, 5) is 52.3. The lowest BCUT2D eigenvalue weighted by molar-refractivity contribution is -0.118. The van der Waals surface area contributed by atoms with E-state index < -0.39 is 0 Å². The molecule has 5 rings (SSSR count). The molecule has 3 aromatic rings. The third-order valence-electron chi connectivity index (χ3n) is 5.76. The normalized spacial score (nSPS) is 15.5. The van der Waals surface area contributed by atoms with Crippen LogP contribution in [0.2, 0.25) is 0 Å². The van der Waals surface area contributed by atoms with Crippen LogP contribution in [0.25, 0.3) is 11.0 Å². The molecule has 0 atom stereocenters. The van der Waals surface area contributed by atoms with Gasteiger partial charge in [0.1, 0.15) is 0 Å². The maximum atomic E-state index is 13.0. The minimum atomic E-state index is -0.296. The molecule has 3 heterocycles. The zero-order valence-electron chi connectivity index (χ0n) is 17.1. The smallest absolute Gasteiger partial charge is 0.261 e. The first-order valence-corrected chi connectivity index (χ1v) is 10.3. The zero-order valence-corrected chi connectivity index (χ0v) is 17.1. The molecule has 0 unspecified atom stereocenters. The van der Waals surface area contributed by atoms with Crippen LogP contribution in [-0.2, 0) is 4.79 Å². The van der Waals surface area contributed by atoms with Crippen molar-refractivity contribution in [2.45, 2.75) is 12.8 Å². The number of rotatable bonds is 4. The topological polar surface area (TPSA) is 86.7 Å². The first-order chi connectivity index (χ1) is 15.0. The Morgan fingerprint density at radius 3 is 2.10 bits per heavy atom. The lowest BCUT2D eigenvalue weighted by atomic mass is 10.1. The number of fused-ring (bicyclic) bond motifs is 3. The van der Waals surface area contributed by atoms with Crippen LogP contribution in [0.15, 0.2) is 48.5 Å². The van der Waals surface area contributed by atoms with Crippen molar-refractivity contribution in [3.8, 4) is 0 Å². The molecular weight excluding hydrogens is 394 g/mol. The van der Waals surface area contributed by atoms with Gasteiger partial charge in [0.2, 0.25) is 5.91 Å². The summed E-state index contributed by atoms with van der Waals surface area (Å²) >= 11 is 0. The lowest BCUT2D eigenvalue weighted by Crippen LogP contribution is -2.44. The van der Waals surface area contributed by atoms with Gasteiger partial charge in [-0.3, -0.25) is 24.2 Å². The van der Waals surface area contributed by atoms with E-state index in [2.05, 4.69) is 9.97 Å². The van der Waals surface area contributed by atoms with Crippen LogP contribution in [0.3, 0.4) is 0 Å². The second-order valence-corrected chi connectivity index (χ2v) is 7.74. The molecule has 2 aromatic carbocycles. The van der Waals surface area contributed by atoms with Gasteiger partial charge in [0.05, 0.1) is 22.2 Å². The van der Waals surface area contributed by atoms with Gasteiger partial charge in [-0.1, -0.05) is 24.3 Å². The Bertz CT molecular complexity index is 1190. The van der Waals surface area contributed by atoms with Crippen molar-refractivity contribution < 1.29 is 14.4 Å². The van der Waals surface area contributed by atoms with Crippen LogP contribution in [0.1, 0.15) is 33.6 Å². The van der Waals surface area contributed by atoms with Crippen LogP contribution in [0.5, 0.6) is 0 Å². The summed E-state index contributed by atoms with van der Waals surface area (Å²) in [6.07, 6.45) is 0.609. The van der Waals surface area contributed by atoms with Gasteiger partial charge in [0.25, 0.3) is 11.8 Å². The molecule has 8 heteroatoms. The zero-order chi connectivity index (χ0) is 21.5. The second kappa shape index (κ2) is 7.46. The van der Waals surface area contributed by atoms with E-state index >= 15 is 0 Å². The summed E-state index contributed by atoms with van der Waals surface area (Å²) in [6.45, 7) is 1.38. The summed E-state index contributed by atoms with van der Waals surface area (Å²) < 4.78 is 0. The number of anilines is 2. The fraction of sp³-hybridized carbons (Fsp3) is 0.261. The summed E-state index contributed by atoms with van der Waals surface area (Å²) in [5.41, 5.74) is 2.37. The molecule has 0 radical (unpaired) electrons. The Hall–Kier alpha value is -3.81. The maximum Gasteiger partial charge on any atom is 0.261 e. The highest BCUT2D eigenvalue weighted by molar-refractivity contribution is 6.21. The Morgan fingerprint density at radius 1 is 0.871 bits per heavy atom. The summed E-state index contributed by atoms with van der Waals surface area (Å²) in [5, 5.41) is 0. The Labute approximate surface area is 179 Å². The largest absolute Gasteiger partial charge is 0.355 e. The highest BCUT2D eigenvalue weighted by Crippen LogP contribution is 2.31. The van der Waals surface area contributed by atoms with Crippen molar-refractivity contribution in [2.24, 2.45) is 0 Å². The molecule has 156 valence electrons. The third kappa shape index (κ3) is 3.20. The van der Waals surface area contributed by atoms with Crippen molar-refractivity contribution in [3.63, 3.8) is 0 Å². The van der Waals surface area contributed by atoms with Crippen LogP contribution in [0, 0.1) is 0 Å². The minimum Gasteiger partial charge on any atom is -0.355 e. The number of benzene rings is 2. The van der Waals surface area contributed by atoms with Crippen LogP contribution < -0.4 is 9.80 Å². The van der Waals surface area contributed by atoms with Crippen LogP contribution in [-0.4, -0.2) is 59.3 Å². The molecular formula is C23H21N5O3. The van der Waals surface area contributed by atoms with E-state index in [-0.39, 0.29) is 30.7 Å². The van der Waals surface area contributed by atoms with Crippen molar-refractivity contribution in [1.82, 2.24) is 14.9 Å². The van der Waals surface area contributed by atoms with E-state index in [0.29, 0.717) is 42.3 Å². The molecule has 0 saturated carbocycles. The Balaban J connectivity index is 1.30. The fourth-order valence-corrected chi connectivity index (χ4v) is 4.09. The van der Waals surface area contributed by atoms with E-state index in [1.165, 1.54) is 4.90 Å². The number of hydrogen-bond donors (Lipinski definition) is 0. The second-order valence-electron chi connectivity index (χ2n) is 7.74. The van der Waals surface area contributed by atoms with E-state index in [1.807, 2.05) is 36.2 Å². The molecule has 3 amide bonds. The van der Waals surface area contributed by atoms with Crippen LogP contribution in [0.4, 0.5) is 11.6 Å². The van der Waals surface area contributed by atoms with E-state index in [0.717, 1.165) is 11.0 Å². The van der Waals surface area contributed by atoms with Gasteiger partial charge in [-0.2, -0.15) is 0 Å². The molecule has 31 heavy (non-hydrogen) atoms. The average molecular weight is 415 g/mol. The Morgan fingerprint density at radius 2 is 1.45 bits per heavy atom. The monoisotopic (exact) mass is 415 g/mol. The van der Waals surface area contributed by atoms with E-state index in [4.69, 9.17) is 0 Å². The molecule has 2 aliphatic heterocycles. The summed E-state index contributed by atoms with van der Waals surface area (Å²) in [6, 6.07) is 14.4. The number of hydrogen-bond acceptors (Lipinski definition) is 6. The quantitative estimate of drug-likeness (QED) is 0.609. The number of likely N-dealkylation sites (N-methyl/N-ethyl adjacent to an activating group) is 1. The van der Waals surface area contributed by atoms with Crippen molar-refractivity contribution in [1.29, 1.82) is 0 Å². The standard InChI is InChI=1S/C23H21N5O3/c1-26-13-14-27(21-20(26)24-17-9-4-5-10-18(17)25-21)19(29)11-6-12-28-22(30)15-7-2-3-8-16(15)23(28)31/h2-5,7-10H,6,11-14H2,1H3. The minimum absolute atomic E-state index is 0.0875. The van der Waals surface area contributed by atoms with E-state index in [1.54, 1.807) is 29.2 Å². The van der Waals surface area contributed by atoms with Crippen LogP contribution >= 0.6 is 0 Å². The number of aromatic nitrogens is 2. The first kappa shape index (κ1) is 19.2. The molecule has 0 aliphatic carbocycles. The van der Waals surface area contributed by atoms with Gasteiger partial charge < -0.3 is 4.90 Å². The van der Waals surface area contributed by atoms with Gasteiger partial charge >= 0.3 is 0 Å². The highest BCUT2D eigenvalue weighted by atomic mass is 16.2. The third-order valence-corrected chi connectivity index (χ3v) is 5.76. The molecule has 8 nitrogen and oxygen atoms in total. The van der Waals surface area contributed by atoms with Gasteiger partial charge in [-0.25, -0.2) is 9.97 Å². The number of carbonyl (C=O) groups excluding carboxylic acids is 3. The van der Waals surface area contributed by atoms with Gasteiger partial charge in [-0.15, -0.1) is 0 Å². The number of imide groups is 1. The summed E-state index contributed by atoms with van der Waals surface area (Å²) in [5.74, 6) is 0.554. The number of para-hydroxylation sites is 2. The predicted octanol–water partition coefficient (Wildman–Crippen LogP) is 2.49. The molecule has 0 N–H and O–H groups in total. The SMILES string of the molecule is CN1CCN(C(=O)CCCN2C(=O)c3ccccc3C2=O)c2nc3ccccc3nc21. The van der Waals surface area contributed by atoms with Gasteiger partial charge in [0.15, 0.2) is 11.6 Å². The number of nitrogens with zero attached hydrogens (tertiary/aromatic N) is 5. The van der Waals surface area contributed by atoms with E-state index in [9.17, 15) is 14.4 Å². The molecule has 0 bridgehead atoms. The van der Waals surface area contributed by atoms with Gasteiger partial charge in [-0.05, 0) is 30.7 Å². The van der Waals surface area contributed by atoms with Gasteiger partial charge in [0, 0.05) is 33.1 Å². The Kier molecular flexibility index (Phi) is 4.62.